The van der Waals surface area contributed by atoms with E-state index in [1.54, 1.807) is 0 Å². The average molecular weight is 224 g/mol. The first kappa shape index (κ1) is 9.90. The van der Waals surface area contributed by atoms with E-state index in [2.05, 4.69) is 4.99 Å². The summed E-state index contributed by atoms with van der Waals surface area (Å²) in [5, 5.41) is 0. The van der Waals surface area contributed by atoms with Crippen LogP contribution < -0.4 is 10.5 Å². The van der Waals surface area contributed by atoms with Gasteiger partial charge in [0.15, 0.2) is 0 Å². The van der Waals surface area contributed by atoms with Gasteiger partial charge in [0, 0.05) is 5.69 Å². The maximum atomic E-state index is 5.74. The number of hydrogen-bond donors (Lipinski definition) is 1. The molecule has 2 aromatic rings. The molecule has 1 aliphatic heterocycles. The van der Waals surface area contributed by atoms with E-state index in [-0.39, 0.29) is 0 Å². The minimum Gasteiger partial charge on any atom is -0.485 e. The molecule has 17 heavy (non-hydrogen) atoms. The van der Waals surface area contributed by atoms with Gasteiger partial charge in [0.1, 0.15) is 18.0 Å². The Labute approximate surface area is 99.6 Å². The summed E-state index contributed by atoms with van der Waals surface area (Å²) in [6.45, 7) is 0.501. The van der Waals surface area contributed by atoms with Crippen molar-refractivity contribution in [3.05, 3.63) is 54.1 Å². The Morgan fingerprint density at radius 3 is 2.71 bits per heavy atom. The van der Waals surface area contributed by atoms with Crippen LogP contribution >= 0.6 is 0 Å². The number of nitrogens with zero attached hydrogens (tertiary/aromatic N) is 1. The predicted octanol–water partition coefficient (Wildman–Crippen LogP) is 2.78. The van der Waals surface area contributed by atoms with Crippen molar-refractivity contribution in [3.8, 4) is 5.75 Å². The van der Waals surface area contributed by atoms with Crippen molar-refractivity contribution in [1.82, 2.24) is 0 Å². The van der Waals surface area contributed by atoms with Gasteiger partial charge in [-0.05, 0) is 23.8 Å². The molecule has 2 aromatic carbocycles. The highest BCUT2D eigenvalue weighted by molar-refractivity contribution is 6.04. The van der Waals surface area contributed by atoms with Crippen molar-refractivity contribution >= 4 is 17.1 Å². The first-order valence-electron chi connectivity index (χ1n) is 5.48. The molecule has 0 unspecified atom stereocenters. The van der Waals surface area contributed by atoms with Crippen LogP contribution in [0.15, 0.2) is 53.5 Å². The molecular formula is C14H12N2O. The second-order valence-corrected chi connectivity index (χ2v) is 3.94. The van der Waals surface area contributed by atoms with Crippen molar-refractivity contribution in [3.63, 3.8) is 0 Å². The number of nitrogens with two attached hydrogens (primary N) is 1. The second kappa shape index (κ2) is 3.94. The Morgan fingerprint density at radius 2 is 1.88 bits per heavy atom. The van der Waals surface area contributed by atoms with Crippen LogP contribution in [0, 0.1) is 0 Å². The third-order valence-electron chi connectivity index (χ3n) is 2.71. The predicted molar refractivity (Wildman–Crippen MR) is 69.0 cm³/mol. The topological polar surface area (TPSA) is 47.6 Å². The molecule has 0 atom stereocenters. The van der Waals surface area contributed by atoms with E-state index in [1.165, 1.54) is 0 Å². The molecule has 3 nitrogen and oxygen atoms in total. The van der Waals surface area contributed by atoms with E-state index in [0.29, 0.717) is 12.3 Å². The maximum Gasteiger partial charge on any atom is 0.145 e. The van der Waals surface area contributed by atoms with Crippen LogP contribution in [0.3, 0.4) is 0 Å². The maximum absolute atomic E-state index is 5.74. The molecule has 0 radical (unpaired) electrons. The SMILES string of the molecule is Nc1ccc2c(c1)N=C(c1ccccc1)CO2. The van der Waals surface area contributed by atoms with Gasteiger partial charge in [-0.15, -0.1) is 0 Å². The van der Waals surface area contributed by atoms with Crippen LogP contribution in [-0.2, 0) is 0 Å². The van der Waals surface area contributed by atoms with Gasteiger partial charge in [-0.1, -0.05) is 30.3 Å². The van der Waals surface area contributed by atoms with E-state index in [0.717, 1.165) is 22.7 Å². The van der Waals surface area contributed by atoms with Gasteiger partial charge in [0.05, 0.1) is 5.71 Å². The highest BCUT2D eigenvalue weighted by Gasteiger charge is 2.14. The Morgan fingerprint density at radius 1 is 1.06 bits per heavy atom. The van der Waals surface area contributed by atoms with Crippen LogP contribution in [0.2, 0.25) is 0 Å². The van der Waals surface area contributed by atoms with E-state index >= 15 is 0 Å². The van der Waals surface area contributed by atoms with Crippen molar-refractivity contribution in [2.24, 2.45) is 4.99 Å². The molecule has 2 N–H and O–H groups in total. The van der Waals surface area contributed by atoms with Crippen LogP contribution in [-0.4, -0.2) is 12.3 Å². The molecule has 0 bridgehead atoms. The summed E-state index contributed by atoms with van der Waals surface area (Å²) in [5.74, 6) is 0.791. The number of ether oxygens (including phenoxy) is 1. The third kappa shape index (κ3) is 1.87. The summed E-state index contributed by atoms with van der Waals surface area (Å²) in [5.41, 5.74) is 9.26. The lowest BCUT2D eigenvalue weighted by Crippen LogP contribution is -2.16. The summed E-state index contributed by atoms with van der Waals surface area (Å²) >= 11 is 0. The van der Waals surface area contributed by atoms with Crippen LogP contribution in [0.25, 0.3) is 0 Å². The zero-order chi connectivity index (χ0) is 11.7. The summed E-state index contributed by atoms with van der Waals surface area (Å²) in [6, 6.07) is 15.5. The van der Waals surface area contributed by atoms with Gasteiger partial charge in [-0.3, -0.25) is 0 Å². The first-order valence-corrected chi connectivity index (χ1v) is 5.48. The Kier molecular flexibility index (Phi) is 2.29. The average Bonchev–Trinajstić information content (AvgIpc) is 2.39. The molecule has 0 fully saturated rings. The van der Waals surface area contributed by atoms with E-state index < -0.39 is 0 Å². The van der Waals surface area contributed by atoms with Crippen LogP contribution in [0.5, 0.6) is 5.75 Å². The molecule has 0 saturated heterocycles. The number of benzene rings is 2. The normalized spacial score (nSPS) is 13.5. The largest absolute Gasteiger partial charge is 0.485 e. The quantitative estimate of drug-likeness (QED) is 0.757. The fourth-order valence-electron chi connectivity index (χ4n) is 1.85. The molecule has 3 rings (SSSR count). The zero-order valence-electron chi connectivity index (χ0n) is 9.26. The summed E-state index contributed by atoms with van der Waals surface area (Å²) < 4.78 is 5.66. The summed E-state index contributed by atoms with van der Waals surface area (Å²) in [4.78, 5) is 4.59. The standard InChI is InChI=1S/C14H12N2O/c15-11-6-7-14-12(8-11)16-13(9-17-14)10-4-2-1-3-5-10/h1-8H,9,15H2. The fraction of sp³-hybridized carbons (Fsp3) is 0.0714. The zero-order valence-corrected chi connectivity index (χ0v) is 9.26. The fourth-order valence-corrected chi connectivity index (χ4v) is 1.85. The van der Waals surface area contributed by atoms with Gasteiger partial charge in [-0.25, -0.2) is 4.99 Å². The van der Waals surface area contributed by atoms with Crippen molar-refractivity contribution in [1.29, 1.82) is 0 Å². The van der Waals surface area contributed by atoms with E-state index in [1.807, 2.05) is 48.5 Å². The minimum atomic E-state index is 0.501. The van der Waals surface area contributed by atoms with Gasteiger partial charge in [0.2, 0.25) is 0 Å². The smallest absolute Gasteiger partial charge is 0.145 e. The lowest BCUT2D eigenvalue weighted by atomic mass is 10.1. The molecule has 3 heteroatoms. The molecule has 0 aromatic heterocycles. The van der Waals surface area contributed by atoms with Crippen molar-refractivity contribution < 1.29 is 4.74 Å². The first-order chi connectivity index (χ1) is 8.33. The summed E-state index contributed by atoms with van der Waals surface area (Å²) in [6.07, 6.45) is 0. The number of rotatable bonds is 1. The van der Waals surface area contributed by atoms with E-state index in [9.17, 15) is 0 Å². The molecular weight excluding hydrogens is 212 g/mol. The lowest BCUT2D eigenvalue weighted by molar-refractivity contribution is 0.373. The van der Waals surface area contributed by atoms with Crippen molar-refractivity contribution in [2.45, 2.75) is 0 Å². The highest BCUT2D eigenvalue weighted by atomic mass is 16.5. The number of nitrogen functional groups attached to an aromatic ring is 1. The Bertz CT molecular complexity index is 576. The Balaban J connectivity index is 2.05. The van der Waals surface area contributed by atoms with Crippen LogP contribution in [0.4, 0.5) is 11.4 Å². The summed E-state index contributed by atoms with van der Waals surface area (Å²) in [7, 11) is 0. The van der Waals surface area contributed by atoms with Gasteiger partial charge < -0.3 is 10.5 Å². The monoisotopic (exact) mass is 224 g/mol. The second-order valence-electron chi connectivity index (χ2n) is 3.94. The number of aliphatic imine (C=N–C) groups is 1. The van der Waals surface area contributed by atoms with Gasteiger partial charge >= 0.3 is 0 Å². The van der Waals surface area contributed by atoms with Gasteiger partial charge in [-0.2, -0.15) is 0 Å². The lowest BCUT2D eigenvalue weighted by Gasteiger charge is -2.17. The highest BCUT2D eigenvalue weighted by Crippen LogP contribution is 2.33. The number of anilines is 1. The minimum absolute atomic E-state index is 0.501. The molecule has 0 aliphatic carbocycles. The van der Waals surface area contributed by atoms with Crippen LogP contribution in [0.1, 0.15) is 5.56 Å². The molecule has 0 spiro atoms. The molecule has 0 amide bonds. The Hall–Kier alpha value is -2.29. The molecule has 0 saturated carbocycles. The van der Waals surface area contributed by atoms with Gasteiger partial charge in [0.25, 0.3) is 0 Å². The molecule has 1 heterocycles. The third-order valence-corrected chi connectivity index (χ3v) is 2.71. The number of hydrogen-bond acceptors (Lipinski definition) is 3. The van der Waals surface area contributed by atoms with Crippen molar-refractivity contribution in [2.75, 3.05) is 12.3 Å². The number of fused-ring (bicyclic) bond motifs is 1. The van der Waals surface area contributed by atoms with E-state index in [4.69, 9.17) is 10.5 Å². The molecule has 84 valence electrons. The molecule has 1 aliphatic rings.